The number of amides is 1. The standard InChI is InChI=1S/C12H16N4O4/c1-14-8-4-9(6-10(5-8)16(18)19)15-2-3-20-7-11(15)12(13)17/h4-6,11,14H,2-3,7H2,1H3,(H2,13,17). The molecule has 2 rings (SSSR count). The molecule has 8 heteroatoms. The van der Waals surface area contributed by atoms with Crippen LogP contribution in [-0.4, -0.2) is 43.7 Å². The van der Waals surface area contributed by atoms with E-state index in [0.29, 0.717) is 24.5 Å². The molecule has 1 atom stereocenters. The fraction of sp³-hybridized carbons (Fsp3) is 0.417. The second kappa shape index (κ2) is 5.74. The highest BCUT2D eigenvalue weighted by Crippen LogP contribution is 2.29. The third-order valence-electron chi connectivity index (χ3n) is 3.19. The number of morpholine rings is 1. The lowest BCUT2D eigenvalue weighted by Gasteiger charge is -2.35. The first kappa shape index (κ1) is 14.1. The van der Waals surface area contributed by atoms with Crippen LogP contribution in [0.1, 0.15) is 0 Å². The zero-order valence-electron chi connectivity index (χ0n) is 11.0. The van der Waals surface area contributed by atoms with Crippen molar-refractivity contribution in [3.05, 3.63) is 28.3 Å². The molecule has 1 aromatic carbocycles. The lowest BCUT2D eigenvalue weighted by Crippen LogP contribution is -2.52. The molecule has 0 bridgehead atoms. The third-order valence-corrected chi connectivity index (χ3v) is 3.19. The van der Waals surface area contributed by atoms with Gasteiger partial charge in [0.15, 0.2) is 0 Å². The Kier molecular flexibility index (Phi) is 4.04. The predicted octanol–water partition coefficient (Wildman–Crippen LogP) is 0.327. The van der Waals surface area contributed by atoms with Crippen molar-refractivity contribution in [2.45, 2.75) is 6.04 Å². The molecule has 1 saturated heterocycles. The number of benzene rings is 1. The van der Waals surface area contributed by atoms with Crippen LogP contribution in [0.25, 0.3) is 0 Å². The van der Waals surface area contributed by atoms with Gasteiger partial charge in [-0.3, -0.25) is 14.9 Å². The maximum Gasteiger partial charge on any atom is 0.273 e. The molecule has 1 unspecified atom stereocenters. The molecule has 1 amide bonds. The van der Waals surface area contributed by atoms with Gasteiger partial charge in [0.1, 0.15) is 6.04 Å². The number of carbonyl (C=O) groups is 1. The summed E-state index contributed by atoms with van der Waals surface area (Å²) in [6.07, 6.45) is 0. The van der Waals surface area contributed by atoms with Gasteiger partial charge in [-0.2, -0.15) is 0 Å². The van der Waals surface area contributed by atoms with Crippen molar-refractivity contribution in [2.75, 3.05) is 37.0 Å². The number of nitro benzene ring substituents is 1. The Balaban J connectivity index is 2.41. The van der Waals surface area contributed by atoms with Gasteiger partial charge in [0.2, 0.25) is 5.91 Å². The average Bonchev–Trinajstić information content (AvgIpc) is 2.46. The van der Waals surface area contributed by atoms with Crippen LogP contribution in [0, 0.1) is 10.1 Å². The molecular formula is C12H16N4O4. The lowest BCUT2D eigenvalue weighted by molar-refractivity contribution is -0.384. The number of hydrogen-bond donors (Lipinski definition) is 2. The smallest absolute Gasteiger partial charge is 0.273 e. The topological polar surface area (TPSA) is 111 Å². The monoisotopic (exact) mass is 280 g/mol. The molecule has 0 aliphatic carbocycles. The van der Waals surface area contributed by atoms with Crippen LogP contribution in [0.4, 0.5) is 17.1 Å². The second-order valence-electron chi connectivity index (χ2n) is 4.43. The van der Waals surface area contributed by atoms with Gasteiger partial charge in [-0.1, -0.05) is 0 Å². The number of nitrogens with two attached hydrogens (primary N) is 1. The van der Waals surface area contributed by atoms with Crippen molar-refractivity contribution < 1.29 is 14.5 Å². The summed E-state index contributed by atoms with van der Waals surface area (Å²) < 4.78 is 5.24. The summed E-state index contributed by atoms with van der Waals surface area (Å²) in [6.45, 7) is 1.09. The molecule has 1 fully saturated rings. The maximum absolute atomic E-state index is 11.5. The van der Waals surface area contributed by atoms with E-state index < -0.39 is 16.9 Å². The maximum atomic E-state index is 11.5. The van der Waals surface area contributed by atoms with Crippen molar-refractivity contribution >= 4 is 23.0 Å². The number of nitrogens with one attached hydrogen (secondary N) is 1. The fourth-order valence-corrected chi connectivity index (χ4v) is 2.16. The Morgan fingerprint density at radius 2 is 2.30 bits per heavy atom. The van der Waals surface area contributed by atoms with E-state index in [0.717, 1.165) is 0 Å². The summed E-state index contributed by atoms with van der Waals surface area (Å²) in [6, 6.07) is 4.00. The van der Waals surface area contributed by atoms with Crippen LogP contribution in [0.2, 0.25) is 0 Å². The summed E-state index contributed by atoms with van der Waals surface area (Å²) in [5, 5.41) is 13.8. The molecule has 1 aromatic rings. The normalized spacial score (nSPS) is 18.6. The van der Waals surface area contributed by atoms with Crippen molar-refractivity contribution in [3.63, 3.8) is 0 Å². The molecule has 1 heterocycles. The van der Waals surface area contributed by atoms with E-state index in [-0.39, 0.29) is 12.3 Å². The summed E-state index contributed by atoms with van der Waals surface area (Å²) in [5.74, 6) is -0.512. The number of hydrogen-bond acceptors (Lipinski definition) is 6. The minimum absolute atomic E-state index is 0.0402. The lowest BCUT2D eigenvalue weighted by atomic mass is 10.1. The summed E-state index contributed by atoms with van der Waals surface area (Å²) in [7, 11) is 1.67. The second-order valence-corrected chi connectivity index (χ2v) is 4.43. The SMILES string of the molecule is CNc1cc(N2CCOCC2C(N)=O)cc([N+](=O)[O-])c1. The van der Waals surface area contributed by atoms with Gasteiger partial charge in [0, 0.05) is 37.1 Å². The molecule has 3 N–H and O–H groups in total. The number of nitro groups is 1. The first-order chi connectivity index (χ1) is 9.52. The Hall–Kier alpha value is -2.35. The van der Waals surface area contributed by atoms with Crippen LogP contribution in [0.15, 0.2) is 18.2 Å². The van der Waals surface area contributed by atoms with Gasteiger partial charge in [-0.05, 0) is 6.07 Å². The zero-order valence-corrected chi connectivity index (χ0v) is 11.0. The number of non-ortho nitro benzene ring substituents is 1. The highest BCUT2D eigenvalue weighted by molar-refractivity contribution is 5.84. The van der Waals surface area contributed by atoms with Gasteiger partial charge in [-0.25, -0.2) is 0 Å². The van der Waals surface area contributed by atoms with E-state index in [1.807, 2.05) is 0 Å². The Bertz CT molecular complexity index is 534. The number of nitrogens with zero attached hydrogens (tertiary/aromatic N) is 2. The number of anilines is 2. The van der Waals surface area contributed by atoms with Crippen molar-refractivity contribution in [2.24, 2.45) is 5.73 Å². The van der Waals surface area contributed by atoms with Crippen molar-refractivity contribution in [1.82, 2.24) is 0 Å². The van der Waals surface area contributed by atoms with Gasteiger partial charge < -0.3 is 20.7 Å². The molecule has 1 aliphatic heterocycles. The minimum atomic E-state index is -0.615. The molecule has 20 heavy (non-hydrogen) atoms. The molecule has 0 radical (unpaired) electrons. The van der Waals surface area contributed by atoms with Crippen LogP contribution in [0.5, 0.6) is 0 Å². The van der Waals surface area contributed by atoms with E-state index >= 15 is 0 Å². The Labute approximate surface area is 115 Å². The van der Waals surface area contributed by atoms with Gasteiger partial charge in [-0.15, -0.1) is 0 Å². The number of carbonyl (C=O) groups excluding carboxylic acids is 1. The molecular weight excluding hydrogens is 264 g/mol. The highest BCUT2D eigenvalue weighted by Gasteiger charge is 2.29. The fourth-order valence-electron chi connectivity index (χ4n) is 2.16. The third kappa shape index (κ3) is 2.80. The van der Waals surface area contributed by atoms with E-state index in [1.165, 1.54) is 12.1 Å². The molecule has 1 aliphatic rings. The van der Waals surface area contributed by atoms with E-state index in [2.05, 4.69) is 5.32 Å². The number of rotatable bonds is 4. The first-order valence-corrected chi connectivity index (χ1v) is 6.14. The molecule has 108 valence electrons. The molecule has 0 spiro atoms. The summed E-state index contributed by atoms with van der Waals surface area (Å²) >= 11 is 0. The van der Waals surface area contributed by atoms with E-state index in [1.54, 1.807) is 18.0 Å². The van der Waals surface area contributed by atoms with Crippen LogP contribution < -0.4 is 16.0 Å². The molecule has 0 aromatic heterocycles. The largest absolute Gasteiger partial charge is 0.388 e. The zero-order chi connectivity index (χ0) is 14.7. The number of ether oxygens (including phenoxy) is 1. The Morgan fingerprint density at radius 3 is 2.90 bits per heavy atom. The summed E-state index contributed by atoms with van der Waals surface area (Å²) in [5.41, 5.74) is 6.49. The van der Waals surface area contributed by atoms with E-state index in [4.69, 9.17) is 10.5 Å². The van der Waals surface area contributed by atoms with E-state index in [9.17, 15) is 14.9 Å². The quantitative estimate of drug-likeness (QED) is 0.607. The minimum Gasteiger partial charge on any atom is -0.388 e. The molecule has 0 saturated carbocycles. The predicted molar refractivity (Wildman–Crippen MR) is 73.8 cm³/mol. The van der Waals surface area contributed by atoms with Crippen molar-refractivity contribution in [1.29, 1.82) is 0 Å². The Morgan fingerprint density at radius 1 is 1.55 bits per heavy atom. The van der Waals surface area contributed by atoms with Gasteiger partial charge >= 0.3 is 0 Å². The van der Waals surface area contributed by atoms with Gasteiger partial charge in [0.05, 0.1) is 18.1 Å². The molecule has 8 nitrogen and oxygen atoms in total. The first-order valence-electron chi connectivity index (χ1n) is 6.14. The van der Waals surface area contributed by atoms with Crippen LogP contribution in [-0.2, 0) is 9.53 Å². The highest BCUT2D eigenvalue weighted by atomic mass is 16.6. The summed E-state index contributed by atoms with van der Waals surface area (Å²) in [4.78, 5) is 23.7. The van der Waals surface area contributed by atoms with Crippen LogP contribution >= 0.6 is 0 Å². The van der Waals surface area contributed by atoms with Gasteiger partial charge in [0.25, 0.3) is 5.69 Å². The van der Waals surface area contributed by atoms with Crippen LogP contribution in [0.3, 0.4) is 0 Å². The van der Waals surface area contributed by atoms with Crippen molar-refractivity contribution in [3.8, 4) is 0 Å². The number of primary amides is 1. The average molecular weight is 280 g/mol.